The molecule has 0 heteroatoms. The SMILES string of the molecule is C.C.C.C.C.C.C.CC[C@@H](C)C1(C)C=CC(c2c3ccccc3cc3ccccc23)=C[C@@H]1C.Cc1ccc(/C(=C2\C=CC=CC2)c2ccccc2C)cc1.Cc1ccc2ccccc2c1. The van der Waals surface area contributed by atoms with Crippen LogP contribution in [0.2, 0.25) is 0 Å². The minimum atomic E-state index is 0. The Labute approximate surface area is 399 Å². The van der Waals surface area contributed by atoms with Crippen LogP contribution in [0.15, 0.2) is 194 Å². The smallest absolute Gasteiger partial charge is 0.00300 e. The molecule has 1 unspecified atom stereocenters. The van der Waals surface area contributed by atoms with Crippen molar-refractivity contribution in [1.82, 2.24) is 0 Å². The third-order valence-electron chi connectivity index (χ3n) is 12.6. The van der Waals surface area contributed by atoms with Gasteiger partial charge in [0.15, 0.2) is 0 Å². The van der Waals surface area contributed by atoms with Crippen LogP contribution in [0.3, 0.4) is 0 Å². The predicted octanol–water partition coefficient (Wildman–Crippen LogP) is 20.9. The number of rotatable bonds is 5. The van der Waals surface area contributed by atoms with Crippen molar-refractivity contribution in [3.8, 4) is 0 Å². The van der Waals surface area contributed by atoms with E-state index < -0.39 is 0 Å². The van der Waals surface area contributed by atoms with Crippen LogP contribution < -0.4 is 0 Å². The van der Waals surface area contributed by atoms with E-state index in [4.69, 9.17) is 0 Å². The molecule has 0 aromatic heterocycles. The van der Waals surface area contributed by atoms with Gasteiger partial charge in [0.2, 0.25) is 0 Å². The van der Waals surface area contributed by atoms with Crippen molar-refractivity contribution in [1.29, 1.82) is 0 Å². The van der Waals surface area contributed by atoms with Crippen LogP contribution in [0.25, 0.3) is 43.5 Å². The first-order valence-corrected chi connectivity index (χ1v) is 21.1. The van der Waals surface area contributed by atoms with Gasteiger partial charge in [-0.2, -0.15) is 0 Å². The molecule has 3 atom stereocenters. The van der Waals surface area contributed by atoms with Crippen molar-refractivity contribution in [3.05, 3.63) is 227 Å². The van der Waals surface area contributed by atoms with Gasteiger partial charge >= 0.3 is 0 Å². The second kappa shape index (κ2) is 26.7. The lowest BCUT2D eigenvalue weighted by Gasteiger charge is -2.39. The quantitative estimate of drug-likeness (QED) is 0.151. The molecule has 7 aromatic rings. The molecular formula is C65H86. The summed E-state index contributed by atoms with van der Waals surface area (Å²) in [6, 6.07) is 52.3. The highest BCUT2D eigenvalue weighted by Crippen LogP contribution is 2.46. The Morgan fingerprint density at radius 2 is 1.12 bits per heavy atom. The number of fused-ring (bicyclic) bond motifs is 3. The molecule has 0 amide bonds. The molecule has 0 saturated carbocycles. The van der Waals surface area contributed by atoms with Gasteiger partial charge in [-0.1, -0.05) is 279 Å². The third kappa shape index (κ3) is 13.3. The van der Waals surface area contributed by atoms with E-state index in [0.29, 0.717) is 11.8 Å². The van der Waals surface area contributed by atoms with Crippen molar-refractivity contribution >= 4 is 43.5 Å². The minimum Gasteiger partial charge on any atom is -0.0801 e. The maximum atomic E-state index is 2.50. The standard InChI is InChI=1S/C26H28.C21H20.C11H10.7CH4/c1-5-18(2)26(4)15-14-22(16-19(26)3)25-23-12-8-6-10-20(23)17-21-11-7-9-13-24(21)25;1-16-12-14-19(15-13-16)21(18-9-4-3-5-10-18)20-11-7-6-8-17(20)2;1-9-6-7-10-4-2-3-5-11(10)8-9;;;;;;;/h6-19H,5H2,1-4H3;3-9,11-15H,10H2,1-2H3;2-8H,1H3;7*1H4/b;21-18-;;;;;;;;/t18-,19+,26?;;;;;;;;;/m1........./s1. The predicted molar refractivity (Wildman–Crippen MR) is 302 cm³/mol. The van der Waals surface area contributed by atoms with Gasteiger partial charge in [0.05, 0.1) is 0 Å². The van der Waals surface area contributed by atoms with Crippen molar-refractivity contribution in [3.63, 3.8) is 0 Å². The topological polar surface area (TPSA) is 0 Å². The first kappa shape index (κ1) is 59.0. The van der Waals surface area contributed by atoms with E-state index >= 15 is 0 Å². The Bertz CT molecular complexity index is 2640. The monoisotopic (exact) mass is 867 g/mol. The molecule has 0 fully saturated rings. The van der Waals surface area contributed by atoms with E-state index in [2.05, 4.69) is 237 Å². The lowest BCUT2D eigenvalue weighted by atomic mass is 9.65. The van der Waals surface area contributed by atoms with Gasteiger partial charge in [0.1, 0.15) is 0 Å². The van der Waals surface area contributed by atoms with E-state index in [1.807, 2.05) is 0 Å². The lowest BCUT2D eigenvalue weighted by Crippen LogP contribution is -2.31. The van der Waals surface area contributed by atoms with Crippen molar-refractivity contribution in [2.24, 2.45) is 17.3 Å². The second-order valence-electron chi connectivity index (χ2n) is 16.5. The second-order valence-corrected chi connectivity index (χ2v) is 16.5. The Hall–Kier alpha value is -5.98. The van der Waals surface area contributed by atoms with E-state index in [0.717, 1.165) is 6.42 Å². The van der Waals surface area contributed by atoms with Crippen LogP contribution >= 0.6 is 0 Å². The number of benzene rings is 7. The number of hydrogen-bond acceptors (Lipinski definition) is 0. The molecule has 0 bridgehead atoms. The third-order valence-corrected chi connectivity index (χ3v) is 12.6. The Balaban J connectivity index is 0.000000953. The van der Waals surface area contributed by atoms with Crippen LogP contribution in [0.4, 0.5) is 0 Å². The van der Waals surface area contributed by atoms with E-state index in [9.17, 15) is 0 Å². The summed E-state index contributed by atoms with van der Waals surface area (Å²) in [4.78, 5) is 0. The molecule has 0 spiro atoms. The van der Waals surface area contributed by atoms with Gasteiger partial charge in [0, 0.05) is 0 Å². The Morgan fingerprint density at radius 3 is 1.68 bits per heavy atom. The molecular weight excluding hydrogens is 781 g/mol. The van der Waals surface area contributed by atoms with Gasteiger partial charge in [-0.15, -0.1) is 0 Å². The number of allylic oxidation sites excluding steroid dienone is 9. The molecule has 2 aliphatic carbocycles. The minimum absolute atomic E-state index is 0. The highest BCUT2D eigenvalue weighted by molar-refractivity contribution is 6.10. The molecule has 2 aliphatic rings. The summed E-state index contributed by atoms with van der Waals surface area (Å²) in [6.07, 6.45) is 18.3. The van der Waals surface area contributed by atoms with Gasteiger partial charge in [-0.05, 0) is 122 Å². The maximum absolute atomic E-state index is 2.50. The van der Waals surface area contributed by atoms with Crippen molar-refractivity contribution < 1.29 is 0 Å². The van der Waals surface area contributed by atoms with E-state index in [-0.39, 0.29) is 57.4 Å². The normalized spacial score (nSPS) is 16.5. The summed E-state index contributed by atoms with van der Waals surface area (Å²) in [5.41, 5.74) is 12.3. The molecule has 0 N–H and O–H groups in total. The van der Waals surface area contributed by atoms with Crippen LogP contribution in [0.5, 0.6) is 0 Å². The molecule has 0 aliphatic heterocycles. The molecule has 346 valence electrons. The van der Waals surface area contributed by atoms with Crippen molar-refractivity contribution in [2.75, 3.05) is 0 Å². The zero-order valence-electron chi connectivity index (χ0n) is 35.5. The highest BCUT2D eigenvalue weighted by atomic mass is 14.4. The summed E-state index contributed by atoms with van der Waals surface area (Å²) in [5.74, 6) is 1.20. The highest BCUT2D eigenvalue weighted by Gasteiger charge is 2.34. The average Bonchev–Trinajstić information content (AvgIpc) is 3.26. The molecule has 0 saturated heterocycles. The van der Waals surface area contributed by atoms with Crippen LogP contribution in [-0.4, -0.2) is 0 Å². The summed E-state index contributed by atoms with van der Waals surface area (Å²) in [6.45, 7) is 15.9. The number of aryl methyl sites for hydroxylation is 3. The summed E-state index contributed by atoms with van der Waals surface area (Å²) >= 11 is 0. The first-order chi connectivity index (χ1) is 28.2. The van der Waals surface area contributed by atoms with Crippen molar-refractivity contribution in [2.45, 2.75) is 113 Å². The van der Waals surface area contributed by atoms with Gasteiger partial charge in [-0.25, -0.2) is 0 Å². The van der Waals surface area contributed by atoms with Gasteiger partial charge in [0.25, 0.3) is 0 Å². The van der Waals surface area contributed by atoms with Crippen LogP contribution in [-0.2, 0) is 0 Å². The lowest BCUT2D eigenvalue weighted by molar-refractivity contribution is 0.205. The zero-order chi connectivity index (χ0) is 40.6. The first-order valence-electron chi connectivity index (χ1n) is 21.1. The fraction of sp³-hybridized carbons (Fsp3) is 0.292. The maximum Gasteiger partial charge on any atom is -0.00300 e. The largest absolute Gasteiger partial charge is 0.0801 e. The van der Waals surface area contributed by atoms with Gasteiger partial charge < -0.3 is 0 Å². The molecule has 0 heterocycles. The zero-order valence-corrected chi connectivity index (χ0v) is 35.5. The van der Waals surface area contributed by atoms with Crippen LogP contribution in [0.1, 0.15) is 126 Å². The summed E-state index contributed by atoms with van der Waals surface area (Å²) in [5, 5.41) is 7.98. The molecule has 65 heavy (non-hydrogen) atoms. The fourth-order valence-electron chi connectivity index (χ4n) is 8.56. The fourth-order valence-corrected chi connectivity index (χ4v) is 8.56. The summed E-state index contributed by atoms with van der Waals surface area (Å²) in [7, 11) is 0. The van der Waals surface area contributed by atoms with E-state index in [1.165, 1.54) is 88.8 Å². The molecule has 0 radical (unpaired) electrons. The molecule has 0 nitrogen and oxygen atoms in total. The number of hydrogen-bond donors (Lipinski definition) is 0. The Kier molecular flexibility index (Phi) is 24.3. The Morgan fingerprint density at radius 1 is 0.585 bits per heavy atom. The molecule has 9 rings (SSSR count). The van der Waals surface area contributed by atoms with Crippen LogP contribution in [0, 0.1) is 38.0 Å². The summed E-state index contributed by atoms with van der Waals surface area (Å²) < 4.78 is 0. The average molecular weight is 867 g/mol. The van der Waals surface area contributed by atoms with E-state index in [1.54, 1.807) is 0 Å². The van der Waals surface area contributed by atoms with Gasteiger partial charge in [-0.3, -0.25) is 0 Å². The molecule has 7 aromatic carbocycles.